The molecule has 0 fully saturated rings. The summed E-state index contributed by atoms with van der Waals surface area (Å²) in [6, 6.07) is 7.33. The van der Waals surface area contributed by atoms with E-state index >= 15 is 0 Å². The molecule has 0 aliphatic rings. The Morgan fingerprint density at radius 3 is 2.47 bits per heavy atom. The average molecular weight is 233 g/mol. The summed E-state index contributed by atoms with van der Waals surface area (Å²) in [5, 5.41) is 11.1. The standard InChI is InChI=1S/C13H15NO3/c1-2-12(15)14-11-8-6-10(7-9-11)4-3-5-13(16)17/h2,6-9H,1,3-5H2,(H,14,15)(H,16,17). The minimum absolute atomic E-state index is 0.176. The van der Waals surface area contributed by atoms with E-state index in [-0.39, 0.29) is 12.3 Å². The molecule has 17 heavy (non-hydrogen) atoms. The quantitative estimate of drug-likeness (QED) is 0.740. The molecule has 2 N–H and O–H groups in total. The highest BCUT2D eigenvalue weighted by atomic mass is 16.4. The first-order valence-corrected chi connectivity index (χ1v) is 5.36. The van der Waals surface area contributed by atoms with Crippen molar-refractivity contribution in [3.8, 4) is 0 Å². The van der Waals surface area contributed by atoms with Gasteiger partial charge in [0, 0.05) is 12.1 Å². The third-order valence-corrected chi connectivity index (χ3v) is 2.26. The number of aryl methyl sites for hydroxylation is 1. The lowest BCUT2D eigenvalue weighted by atomic mass is 10.1. The molecule has 0 bridgehead atoms. The molecule has 0 saturated heterocycles. The predicted molar refractivity (Wildman–Crippen MR) is 65.8 cm³/mol. The zero-order valence-corrected chi connectivity index (χ0v) is 9.48. The van der Waals surface area contributed by atoms with Crippen molar-refractivity contribution in [2.24, 2.45) is 0 Å². The van der Waals surface area contributed by atoms with Crippen LogP contribution in [0.3, 0.4) is 0 Å². The van der Waals surface area contributed by atoms with Gasteiger partial charge in [-0.25, -0.2) is 0 Å². The fourth-order valence-electron chi connectivity index (χ4n) is 1.39. The first kappa shape index (κ1) is 13.0. The molecule has 1 aromatic rings. The van der Waals surface area contributed by atoms with Crippen LogP contribution in [0.5, 0.6) is 0 Å². The van der Waals surface area contributed by atoms with E-state index < -0.39 is 5.97 Å². The van der Waals surface area contributed by atoms with Crippen LogP contribution >= 0.6 is 0 Å². The van der Waals surface area contributed by atoms with Gasteiger partial charge in [-0.3, -0.25) is 9.59 Å². The molecule has 0 aliphatic heterocycles. The van der Waals surface area contributed by atoms with Crippen molar-refractivity contribution in [3.05, 3.63) is 42.5 Å². The maximum Gasteiger partial charge on any atom is 0.303 e. The molecule has 1 aromatic carbocycles. The number of aliphatic carboxylic acids is 1. The molecule has 0 saturated carbocycles. The third kappa shape index (κ3) is 4.97. The fraction of sp³-hybridized carbons (Fsp3) is 0.231. The van der Waals surface area contributed by atoms with Crippen molar-refractivity contribution in [1.29, 1.82) is 0 Å². The number of carbonyl (C=O) groups is 2. The molecular weight excluding hydrogens is 218 g/mol. The summed E-state index contributed by atoms with van der Waals surface area (Å²) >= 11 is 0. The Bertz CT molecular complexity index is 409. The van der Waals surface area contributed by atoms with Crippen LogP contribution in [0.2, 0.25) is 0 Å². The molecule has 0 heterocycles. The zero-order valence-electron chi connectivity index (χ0n) is 9.48. The van der Waals surface area contributed by atoms with Gasteiger partial charge in [-0.2, -0.15) is 0 Å². The van der Waals surface area contributed by atoms with Crippen LogP contribution in [-0.2, 0) is 16.0 Å². The monoisotopic (exact) mass is 233 g/mol. The van der Waals surface area contributed by atoms with Gasteiger partial charge in [-0.15, -0.1) is 0 Å². The van der Waals surface area contributed by atoms with Crippen LogP contribution in [0.25, 0.3) is 0 Å². The summed E-state index contributed by atoms with van der Waals surface area (Å²) in [6.07, 6.45) is 2.73. The molecule has 0 spiro atoms. The summed E-state index contributed by atoms with van der Waals surface area (Å²) in [7, 11) is 0. The van der Waals surface area contributed by atoms with Crippen LogP contribution in [0.15, 0.2) is 36.9 Å². The Labute approximate surface area is 100.0 Å². The van der Waals surface area contributed by atoms with Crippen molar-refractivity contribution in [1.82, 2.24) is 0 Å². The van der Waals surface area contributed by atoms with Crippen LogP contribution in [0.4, 0.5) is 5.69 Å². The summed E-state index contributed by atoms with van der Waals surface area (Å²) in [6.45, 7) is 3.36. The lowest BCUT2D eigenvalue weighted by molar-refractivity contribution is -0.137. The van der Waals surface area contributed by atoms with E-state index in [2.05, 4.69) is 11.9 Å². The van der Waals surface area contributed by atoms with E-state index in [0.29, 0.717) is 12.1 Å². The third-order valence-electron chi connectivity index (χ3n) is 2.26. The Balaban J connectivity index is 2.47. The minimum atomic E-state index is -0.778. The number of hydrogen-bond acceptors (Lipinski definition) is 2. The fourth-order valence-corrected chi connectivity index (χ4v) is 1.39. The smallest absolute Gasteiger partial charge is 0.303 e. The molecule has 4 heteroatoms. The number of rotatable bonds is 6. The van der Waals surface area contributed by atoms with E-state index in [1.807, 2.05) is 12.1 Å². The molecule has 90 valence electrons. The second-order valence-corrected chi connectivity index (χ2v) is 3.64. The van der Waals surface area contributed by atoms with Gasteiger partial charge in [0.05, 0.1) is 0 Å². The Morgan fingerprint density at radius 2 is 1.94 bits per heavy atom. The van der Waals surface area contributed by atoms with Crippen LogP contribution in [0, 0.1) is 0 Å². The molecule has 1 rings (SSSR count). The van der Waals surface area contributed by atoms with Crippen molar-refractivity contribution in [3.63, 3.8) is 0 Å². The summed E-state index contributed by atoms with van der Waals surface area (Å²) in [5.74, 6) is -1.02. The van der Waals surface area contributed by atoms with E-state index in [1.54, 1.807) is 12.1 Å². The SMILES string of the molecule is C=CC(=O)Nc1ccc(CCCC(=O)O)cc1. The topological polar surface area (TPSA) is 66.4 Å². The number of amides is 1. The van der Waals surface area contributed by atoms with Crippen LogP contribution in [-0.4, -0.2) is 17.0 Å². The maximum atomic E-state index is 11.0. The highest BCUT2D eigenvalue weighted by Crippen LogP contribution is 2.11. The van der Waals surface area contributed by atoms with Crippen molar-refractivity contribution in [2.45, 2.75) is 19.3 Å². The number of carboxylic acids is 1. The summed E-state index contributed by atoms with van der Waals surface area (Å²) in [5.41, 5.74) is 1.76. The van der Waals surface area contributed by atoms with E-state index in [0.717, 1.165) is 12.0 Å². The van der Waals surface area contributed by atoms with Gasteiger partial charge in [0.2, 0.25) is 5.91 Å². The van der Waals surface area contributed by atoms with Crippen molar-refractivity contribution in [2.75, 3.05) is 5.32 Å². The molecular formula is C13H15NO3. The highest BCUT2D eigenvalue weighted by molar-refractivity contribution is 5.98. The maximum absolute atomic E-state index is 11.0. The van der Waals surface area contributed by atoms with E-state index in [9.17, 15) is 9.59 Å². The zero-order chi connectivity index (χ0) is 12.7. The molecule has 0 aliphatic carbocycles. The molecule has 0 atom stereocenters. The van der Waals surface area contributed by atoms with Gasteiger partial charge in [-0.1, -0.05) is 18.7 Å². The van der Waals surface area contributed by atoms with Crippen molar-refractivity contribution < 1.29 is 14.7 Å². The summed E-state index contributed by atoms with van der Waals surface area (Å²) in [4.78, 5) is 21.4. The van der Waals surface area contributed by atoms with Gasteiger partial charge in [-0.05, 0) is 36.6 Å². The Morgan fingerprint density at radius 1 is 1.29 bits per heavy atom. The predicted octanol–water partition coefficient (Wildman–Crippen LogP) is 2.22. The first-order valence-electron chi connectivity index (χ1n) is 5.36. The van der Waals surface area contributed by atoms with Gasteiger partial charge >= 0.3 is 5.97 Å². The second kappa shape index (κ2) is 6.48. The first-order chi connectivity index (χ1) is 8.11. The van der Waals surface area contributed by atoms with Gasteiger partial charge < -0.3 is 10.4 Å². The van der Waals surface area contributed by atoms with Crippen LogP contribution in [0.1, 0.15) is 18.4 Å². The number of benzene rings is 1. The largest absolute Gasteiger partial charge is 0.481 e. The number of nitrogens with one attached hydrogen (secondary N) is 1. The number of hydrogen-bond donors (Lipinski definition) is 2. The van der Waals surface area contributed by atoms with Crippen molar-refractivity contribution >= 4 is 17.6 Å². The Hall–Kier alpha value is -2.10. The lowest BCUT2D eigenvalue weighted by Gasteiger charge is -2.04. The molecule has 4 nitrogen and oxygen atoms in total. The van der Waals surface area contributed by atoms with Crippen LogP contribution < -0.4 is 5.32 Å². The molecule has 0 radical (unpaired) electrons. The normalized spacial score (nSPS) is 9.65. The number of carbonyl (C=O) groups excluding carboxylic acids is 1. The molecule has 1 amide bonds. The molecule has 0 aromatic heterocycles. The van der Waals surface area contributed by atoms with Gasteiger partial charge in [0.15, 0.2) is 0 Å². The van der Waals surface area contributed by atoms with Gasteiger partial charge in [0.25, 0.3) is 0 Å². The molecule has 0 unspecified atom stereocenters. The second-order valence-electron chi connectivity index (χ2n) is 3.64. The average Bonchev–Trinajstić information content (AvgIpc) is 2.31. The summed E-state index contributed by atoms with van der Waals surface area (Å²) < 4.78 is 0. The Kier molecular flexibility index (Phi) is 4.94. The number of anilines is 1. The van der Waals surface area contributed by atoms with Gasteiger partial charge in [0.1, 0.15) is 0 Å². The number of carboxylic acid groups (broad SMARTS) is 1. The lowest BCUT2D eigenvalue weighted by Crippen LogP contribution is -2.07. The van der Waals surface area contributed by atoms with E-state index in [1.165, 1.54) is 6.08 Å². The highest BCUT2D eigenvalue weighted by Gasteiger charge is 2.00. The van der Waals surface area contributed by atoms with E-state index in [4.69, 9.17) is 5.11 Å². The minimum Gasteiger partial charge on any atom is -0.481 e.